The van der Waals surface area contributed by atoms with Crippen molar-refractivity contribution in [3.8, 4) is 0 Å². The average Bonchev–Trinajstić information content (AvgIpc) is 2.71. The van der Waals surface area contributed by atoms with Crippen LogP contribution in [0.3, 0.4) is 0 Å². The van der Waals surface area contributed by atoms with E-state index in [4.69, 9.17) is 5.73 Å². The van der Waals surface area contributed by atoms with Crippen molar-refractivity contribution in [2.75, 3.05) is 11.5 Å². The first-order chi connectivity index (χ1) is 13.8. The van der Waals surface area contributed by atoms with Crippen LogP contribution < -0.4 is 17.0 Å². The van der Waals surface area contributed by atoms with Gasteiger partial charge in [0.05, 0.1) is 12.3 Å². The second-order valence-corrected chi connectivity index (χ2v) is 7.99. The van der Waals surface area contributed by atoms with Gasteiger partial charge in [0.1, 0.15) is 11.4 Å². The highest BCUT2D eigenvalue weighted by Crippen LogP contribution is 2.22. The molecule has 0 spiro atoms. The molecule has 0 amide bonds. The van der Waals surface area contributed by atoms with E-state index in [0.29, 0.717) is 0 Å². The van der Waals surface area contributed by atoms with Crippen molar-refractivity contribution in [2.24, 2.45) is 7.05 Å². The van der Waals surface area contributed by atoms with E-state index in [0.717, 1.165) is 20.6 Å². The molecule has 0 fully saturated rings. The Labute approximate surface area is 173 Å². The van der Waals surface area contributed by atoms with E-state index in [1.807, 2.05) is 62.4 Å². The fourth-order valence-corrected chi connectivity index (χ4v) is 3.86. The van der Waals surface area contributed by atoms with E-state index in [-0.39, 0.29) is 23.7 Å². The van der Waals surface area contributed by atoms with E-state index in [1.165, 1.54) is 28.9 Å². The lowest BCUT2D eigenvalue weighted by Gasteiger charge is -2.14. The molecular formula is C22H23N3O3S. The number of carbonyl (C=O) groups is 1. The number of rotatable bonds is 6. The van der Waals surface area contributed by atoms with Gasteiger partial charge in [-0.1, -0.05) is 36.4 Å². The first kappa shape index (κ1) is 20.7. The number of thioether (sulfide) groups is 1. The van der Waals surface area contributed by atoms with Gasteiger partial charge < -0.3 is 5.73 Å². The maximum Gasteiger partial charge on any atom is 0.332 e. The number of ketones is 1. The zero-order chi connectivity index (χ0) is 21.1. The first-order valence-electron chi connectivity index (χ1n) is 9.16. The van der Waals surface area contributed by atoms with Crippen LogP contribution in [0.25, 0.3) is 0 Å². The van der Waals surface area contributed by atoms with Gasteiger partial charge in [-0.3, -0.25) is 18.7 Å². The van der Waals surface area contributed by atoms with Gasteiger partial charge in [0, 0.05) is 11.9 Å². The van der Waals surface area contributed by atoms with Gasteiger partial charge >= 0.3 is 5.69 Å². The summed E-state index contributed by atoms with van der Waals surface area (Å²) >= 11 is 1.34. The topological polar surface area (TPSA) is 87.1 Å². The summed E-state index contributed by atoms with van der Waals surface area (Å²) in [5.41, 5.74) is 7.94. The van der Waals surface area contributed by atoms with Crippen LogP contribution in [0.15, 0.2) is 63.0 Å². The van der Waals surface area contributed by atoms with E-state index in [2.05, 4.69) is 0 Å². The minimum atomic E-state index is -0.664. The zero-order valence-electron chi connectivity index (χ0n) is 16.6. The Morgan fingerprint density at radius 1 is 1.03 bits per heavy atom. The third-order valence-corrected chi connectivity index (χ3v) is 5.89. The molecule has 0 aliphatic rings. The Balaban J connectivity index is 1.93. The lowest BCUT2D eigenvalue weighted by atomic mass is 10.1. The Kier molecular flexibility index (Phi) is 6.08. The predicted octanol–water partition coefficient (Wildman–Crippen LogP) is 2.77. The number of nitrogen functional groups attached to an aromatic ring is 1. The summed E-state index contributed by atoms with van der Waals surface area (Å²) in [6.07, 6.45) is 0. The minimum Gasteiger partial charge on any atom is -0.384 e. The standard InChI is InChI=1S/C22H23N3O3S/c1-14-9-10-17(11-15(14)2)29-13-18(26)19-20(23)25(22(28)24(3)21(19)27)12-16-7-5-4-6-8-16/h4-11H,12-13,23H2,1-3H3. The molecule has 0 unspecified atom stereocenters. The smallest absolute Gasteiger partial charge is 0.332 e. The normalized spacial score (nSPS) is 10.9. The Morgan fingerprint density at radius 3 is 2.38 bits per heavy atom. The van der Waals surface area contributed by atoms with Crippen LogP contribution in [0.2, 0.25) is 0 Å². The number of Topliss-reactive ketones (excluding diaryl/α,β-unsaturated/α-hetero) is 1. The third-order valence-electron chi connectivity index (χ3n) is 4.89. The Morgan fingerprint density at radius 2 is 1.72 bits per heavy atom. The fourth-order valence-electron chi connectivity index (χ4n) is 2.99. The lowest BCUT2D eigenvalue weighted by Crippen LogP contribution is -2.43. The number of aryl methyl sites for hydroxylation is 2. The summed E-state index contributed by atoms with van der Waals surface area (Å²) in [5.74, 6) is -0.424. The quantitative estimate of drug-likeness (QED) is 0.500. The molecule has 0 aliphatic heterocycles. The highest BCUT2D eigenvalue weighted by atomic mass is 32.2. The molecule has 2 aromatic carbocycles. The molecule has 29 heavy (non-hydrogen) atoms. The number of benzene rings is 2. The third kappa shape index (κ3) is 4.35. The average molecular weight is 410 g/mol. The van der Waals surface area contributed by atoms with E-state index >= 15 is 0 Å². The molecule has 3 rings (SSSR count). The highest BCUT2D eigenvalue weighted by Gasteiger charge is 2.21. The minimum absolute atomic E-state index is 0.0610. The molecule has 7 heteroatoms. The molecule has 0 bridgehead atoms. The predicted molar refractivity (Wildman–Crippen MR) is 117 cm³/mol. The van der Waals surface area contributed by atoms with Gasteiger partial charge in [0.15, 0.2) is 5.78 Å². The maximum atomic E-state index is 12.9. The van der Waals surface area contributed by atoms with Crippen molar-refractivity contribution in [3.05, 3.63) is 91.6 Å². The first-order valence-corrected chi connectivity index (χ1v) is 10.1. The molecule has 150 valence electrons. The molecule has 0 atom stereocenters. The SMILES string of the molecule is Cc1ccc(SCC(=O)c2c(N)n(Cc3ccccc3)c(=O)n(C)c2=O)cc1C. The van der Waals surface area contributed by atoms with Gasteiger partial charge in [-0.05, 0) is 42.7 Å². The summed E-state index contributed by atoms with van der Waals surface area (Å²) in [6.45, 7) is 4.22. The van der Waals surface area contributed by atoms with Gasteiger partial charge in [0.2, 0.25) is 0 Å². The van der Waals surface area contributed by atoms with Crippen molar-refractivity contribution in [1.82, 2.24) is 9.13 Å². The van der Waals surface area contributed by atoms with E-state index in [1.54, 1.807) is 0 Å². The Bertz CT molecular complexity index is 1180. The number of anilines is 1. The largest absolute Gasteiger partial charge is 0.384 e. The van der Waals surface area contributed by atoms with Crippen LogP contribution in [-0.4, -0.2) is 20.7 Å². The van der Waals surface area contributed by atoms with Crippen molar-refractivity contribution in [3.63, 3.8) is 0 Å². The van der Waals surface area contributed by atoms with Crippen molar-refractivity contribution >= 4 is 23.4 Å². The fraction of sp³-hybridized carbons (Fsp3) is 0.227. The Hall–Kier alpha value is -3.06. The number of hydrogen-bond acceptors (Lipinski definition) is 5. The summed E-state index contributed by atoms with van der Waals surface area (Å²) in [4.78, 5) is 39.0. The van der Waals surface area contributed by atoms with Crippen molar-refractivity contribution in [1.29, 1.82) is 0 Å². The van der Waals surface area contributed by atoms with Crippen LogP contribution in [0.4, 0.5) is 5.82 Å². The van der Waals surface area contributed by atoms with Gasteiger partial charge in [-0.15, -0.1) is 11.8 Å². The molecule has 0 saturated heterocycles. The second-order valence-electron chi connectivity index (χ2n) is 6.94. The molecule has 0 radical (unpaired) electrons. The van der Waals surface area contributed by atoms with Crippen molar-refractivity contribution < 1.29 is 4.79 Å². The molecule has 1 heterocycles. The number of aromatic nitrogens is 2. The number of carbonyl (C=O) groups excluding carboxylic acids is 1. The molecule has 6 nitrogen and oxygen atoms in total. The van der Waals surface area contributed by atoms with Crippen LogP contribution in [0.5, 0.6) is 0 Å². The molecule has 2 N–H and O–H groups in total. The van der Waals surface area contributed by atoms with Gasteiger partial charge in [-0.25, -0.2) is 4.79 Å². The summed E-state index contributed by atoms with van der Waals surface area (Å²) in [5, 5.41) is 0. The van der Waals surface area contributed by atoms with Crippen LogP contribution in [-0.2, 0) is 13.6 Å². The van der Waals surface area contributed by atoms with Crippen LogP contribution in [0, 0.1) is 13.8 Å². The monoisotopic (exact) mass is 409 g/mol. The second kappa shape index (κ2) is 8.53. The molecule has 0 aliphatic carbocycles. The number of hydrogen-bond donors (Lipinski definition) is 1. The zero-order valence-corrected chi connectivity index (χ0v) is 17.5. The van der Waals surface area contributed by atoms with Gasteiger partial charge in [-0.2, -0.15) is 0 Å². The number of nitrogens with two attached hydrogens (primary N) is 1. The van der Waals surface area contributed by atoms with Crippen molar-refractivity contribution in [2.45, 2.75) is 25.3 Å². The highest BCUT2D eigenvalue weighted by molar-refractivity contribution is 8.00. The van der Waals surface area contributed by atoms with E-state index < -0.39 is 17.0 Å². The maximum absolute atomic E-state index is 12.9. The van der Waals surface area contributed by atoms with Crippen LogP contribution >= 0.6 is 11.8 Å². The summed E-state index contributed by atoms with van der Waals surface area (Å²) in [6, 6.07) is 15.2. The van der Waals surface area contributed by atoms with E-state index in [9.17, 15) is 14.4 Å². The lowest BCUT2D eigenvalue weighted by molar-refractivity contribution is 0.102. The molecular weight excluding hydrogens is 386 g/mol. The summed E-state index contributed by atoms with van der Waals surface area (Å²) in [7, 11) is 1.36. The van der Waals surface area contributed by atoms with Crippen LogP contribution in [0.1, 0.15) is 27.0 Å². The molecule has 1 aromatic heterocycles. The van der Waals surface area contributed by atoms with Gasteiger partial charge in [0.25, 0.3) is 5.56 Å². The molecule has 0 saturated carbocycles. The molecule has 3 aromatic rings. The number of nitrogens with zero attached hydrogens (tertiary/aromatic N) is 2. The summed E-state index contributed by atoms with van der Waals surface area (Å²) < 4.78 is 2.21.